The fourth-order valence-electron chi connectivity index (χ4n) is 4.35. The second-order valence-corrected chi connectivity index (χ2v) is 8.85. The Kier molecular flexibility index (Phi) is 6.27. The minimum atomic E-state index is -4.54. The van der Waals surface area contributed by atoms with E-state index in [0.717, 1.165) is 28.1 Å². The molecule has 36 heavy (non-hydrogen) atoms. The third-order valence-corrected chi connectivity index (χ3v) is 6.30. The van der Waals surface area contributed by atoms with E-state index >= 15 is 0 Å². The van der Waals surface area contributed by atoms with Crippen LogP contribution in [0.3, 0.4) is 0 Å². The van der Waals surface area contributed by atoms with Crippen LogP contribution in [-0.4, -0.2) is 54.4 Å². The Labute approximate surface area is 205 Å². The Bertz CT molecular complexity index is 1390. The van der Waals surface area contributed by atoms with Crippen molar-refractivity contribution in [1.29, 1.82) is 0 Å². The van der Waals surface area contributed by atoms with Crippen molar-refractivity contribution in [3.05, 3.63) is 72.4 Å². The molecule has 3 aromatic carbocycles. The van der Waals surface area contributed by atoms with Crippen LogP contribution >= 0.6 is 0 Å². The number of rotatable bonds is 4. The number of aromatic nitrogens is 2. The van der Waals surface area contributed by atoms with Gasteiger partial charge in [-0.2, -0.15) is 18.3 Å². The van der Waals surface area contributed by atoms with Crippen LogP contribution in [-0.2, 0) is 6.18 Å². The molecule has 0 aliphatic carbocycles. The molecular weight excluding hydrogens is 469 g/mol. The van der Waals surface area contributed by atoms with Gasteiger partial charge in [0, 0.05) is 48.6 Å². The molecule has 0 unspecified atom stereocenters. The first-order valence-corrected chi connectivity index (χ1v) is 11.5. The minimum absolute atomic E-state index is 0.0681. The van der Waals surface area contributed by atoms with Crippen molar-refractivity contribution < 1.29 is 18.0 Å². The summed E-state index contributed by atoms with van der Waals surface area (Å²) in [6, 6.07) is 16.4. The summed E-state index contributed by atoms with van der Waals surface area (Å²) in [6.45, 7) is 2.40. The summed E-state index contributed by atoms with van der Waals surface area (Å²) in [5, 5.41) is 13.2. The monoisotopic (exact) mass is 494 g/mol. The molecule has 0 radical (unpaired) electrons. The number of nitrogens with zero attached hydrogens (tertiary/aromatic N) is 3. The Morgan fingerprint density at radius 2 is 1.64 bits per heavy atom. The molecule has 4 aromatic rings. The number of piperazine rings is 1. The normalized spacial score (nSPS) is 14.7. The largest absolute Gasteiger partial charge is 0.418 e. The number of alkyl halides is 3. The lowest BCUT2D eigenvalue weighted by atomic mass is 10.0. The molecule has 1 aliphatic rings. The SMILES string of the molecule is CN1CCN(c2ccc(NC(=O)Nc3cccc(-c4ccc5cn[nH]c5c4)c3)cc2C(F)(F)F)CC1. The van der Waals surface area contributed by atoms with E-state index in [4.69, 9.17) is 0 Å². The molecule has 10 heteroatoms. The third kappa shape index (κ3) is 5.13. The maximum Gasteiger partial charge on any atom is 0.418 e. The number of carbonyl (C=O) groups is 1. The Balaban J connectivity index is 1.31. The standard InChI is InChI=1S/C26H25F3N6O/c1-34-9-11-35(12-10-34)24-8-7-21(15-22(24)26(27,28)29)32-25(36)31-20-4-2-3-17(13-20)18-5-6-19-16-30-33-23(19)14-18/h2-8,13-16H,9-12H2,1H3,(H,30,33)(H2,31,32,36). The molecule has 0 atom stereocenters. The molecule has 2 heterocycles. The van der Waals surface area contributed by atoms with E-state index in [1.54, 1.807) is 29.3 Å². The van der Waals surface area contributed by atoms with Gasteiger partial charge in [0.05, 0.1) is 17.3 Å². The van der Waals surface area contributed by atoms with Crippen LogP contribution in [0.4, 0.5) is 35.0 Å². The highest BCUT2D eigenvalue weighted by atomic mass is 19.4. The number of likely N-dealkylation sites (N-methyl/N-ethyl adjacent to an activating group) is 1. The maximum absolute atomic E-state index is 13.9. The number of hydrogen-bond donors (Lipinski definition) is 3. The molecule has 1 aliphatic heterocycles. The number of amides is 2. The first-order chi connectivity index (χ1) is 17.3. The predicted octanol–water partition coefficient (Wildman–Crippen LogP) is 5.64. The predicted molar refractivity (Wildman–Crippen MR) is 135 cm³/mol. The van der Waals surface area contributed by atoms with Gasteiger partial charge in [0.1, 0.15) is 0 Å². The fraction of sp³-hybridized carbons (Fsp3) is 0.231. The molecule has 0 bridgehead atoms. The molecule has 3 N–H and O–H groups in total. The number of halogens is 3. The number of benzene rings is 3. The average Bonchev–Trinajstić information content (AvgIpc) is 3.32. The fourth-order valence-corrected chi connectivity index (χ4v) is 4.35. The number of fused-ring (bicyclic) bond motifs is 1. The Morgan fingerprint density at radius 1 is 0.917 bits per heavy atom. The number of carbonyl (C=O) groups excluding carboxylic acids is 1. The van der Waals surface area contributed by atoms with Gasteiger partial charge in [-0.25, -0.2) is 4.79 Å². The second-order valence-electron chi connectivity index (χ2n) is 8.85. The first-order valence-electron chi connectivity index (χ1n) is 11.5. The number of hydrogen-bond acceptors (Lipinski definition) is 4. The van der Waals surface area contributed by atoms with Gasteiger partial charge in [-0.1, -0.05) is 24.3 Å². The van der Waals surface area contributed by atoms with Gasteiger partial charge >= 0.3 is 12.2 Å². The van der Waals surface area contributed by atoms with E-state index in [9.17, 15) is 18.0 Å². The highest BCUT2D eigenvalue weighted by Crippen LogP contribution is 2.38. The van der Waals surface area contributed by atoms with Crippen LogP contribution < -0.4 is 15.5 Å². The summed E-state index contributed by atoms with van der Waals surface area (Å²) in [6.07, 6.45) is -2.81. The van der Waals surface area contributed by atoms with Gasteiger partial charge in [-0.3, -0.25) is 5.10 Å². The van der Waals surface area contributed by atoms with Crippen LogP contribution in [0.2, 0.25) is 0 Å². The highest BCUT2D eigenvalue weighted by Gasteiger charge is 2.36. The Morgan fingerprint density at radius 3 is 2.39 bits per heavy atom. The zero-order valence-electron chi connectivity index (χ0n) is 19.6. The molecular formula is C26H25F3N6O. The van der Waals surface area contributed by atoms with Crippen molar-refractivity contribution in [1.82, 2.24) is 15.1 Å². The molecule has 5 rings (SSSR count). The molecule has 1 saturated heterocycles. The second kappa shape index (κ2) is 9.54. The van der Waals surface area contributed by atoms with Gasteiger partial charge in [-0.15, -0.1) is 0 Å². The molecule has 186 valence electrons. The number of nitrogens with one attached hydrogen (secondary N) is 3. The summed E-state index contributed by atoms with van der Waals surface area (Å²) in [5.74, 6) is 0. The minimum Gasteiger partial charge on any atom is -0.368 e. The van der Waals surface area contributed by atoms with E-state index in [2.05, 4.69) is 25.7 Å². The van der Waals surface area contributed by atoms with Crippen molar-refractivity contribution >= 4 is 34.0 Å². The van der Waals surface area contributed by atoms with Gasteiger partial charge in [0.15, 0.2) is 0 Å². The smallest absolute Gasteiger partial charge is 0.368 e. The number of urea groups is 1. The number of H-pyrrole nitrogens is 1. The van der Waals surface area contributed by atoms with Crippen LogP contribution in [0.25, 0.3) is 22.0 Å². The van der Waals surface area contributed by atoms with E-state index in [0.29, 0.717) is 31.9 Å². The van der Waals surface area contributed by atoms with Crippen molar-refractivity contribution in [2.45, 2.75) is 6.18 Å². The van der Waals surface area contributed by atoms with Gasteiger partial charge in [0.25, 0.3) is 0 Å². The van der Waals surface area contributed by atoms with E-state index in [1.807, 2.05) is 31.3 Å². The first kappa shape index (κ1) is 23.7. The summed E-state index contributed by atoms with van der Waals surface area (Å²) in [4.78, 5) is 16.4. The van der Waals surface area contributed by atoms with Crippen LogP contribution in [0.15, 0.2) is 66.9 Å². The number of aromatic amines is 1. The lowest BCUT2D eigenvalue weighted by Gasteiger charge is -2.35. The molecule has 7 nitrogen and oxygen atoms in total. The summed E-state index contributed by atoms with van der Waals surface area (Å²) in [7, 11) is 1.95. The van der Waals surface area contributed by atoms with Crippen molar-refractivity contribution in [2.75, 3.05) is 48.8 Å². The third-order valence-electron chi connectivity index (χ3n) is 6.30. The molecule has 1 aromatic heterocycles. The Hall–Kier alpha value is -4.05. The van der Waals surface area contributed by atoms with E-state index in [-0.39, 0.29) is 11.4 Å². The van der Waals surface area contributed by atoms with Crippen molar-refractivity contribution in [2.24, 2.45) is 0 Å². The lowest BCUT2D eigenvalue weighted by molar-refractivity contribution is -0.137. The van der Waals surface area contributed by atoms with Crippen molar-refractivity contribution in [3.8, 4) is 11.1 Å². The maximum atomic E-state index is 13.9. The molecule has 2 amide bonds. The van der Waals surface area contributed by atoms with Gasteiger partial charge < -0.3 is 20.4 Å². The van der Waals surface area contributed by atoms with E-state index < -0.39 is 17.8 Å². The van der Waals surface area contributed by atoms with E-state index in [1.165, 1.54) is 12.1 Å². The van der Waals surface area contributed by atoms with Crippen molar-refractivity contribution in [3.63, 3.8) is 0 Å². The average molecular weight is 495 g/mol. The zero-order chi connectivity index (χ0) is 25.3. The molecule has 0 spiro atoms. The van der Waals surface area contributed by atoms with Gasteiger partial charge in [0.2, 0.25) is 0 Å². The highest BCUT2D eigenvalue weighted by molar-refractivity contribution is 6.00. The van der Waals surface area contributed by atoms with Gasteiger partial charge in [-0.05, 0) is 54.6 Å². The van der Waals surface area contributed by atoms with Crippen LogP contribution in [0.5, 0.6) is 0 Å². The summed E-state index contributed by atoms with van der Waals surface area (Å²) < 4.78 is 41.6. The topological polar surface area (TPSA) is 76.3 Å². The zero-order valence-corrected chi connectivity index (χ0v) is 19.6. The summed E-state index contributed by atoms with van der Waals surface area (Å²) >= 11 is 0. The van der Waals surface area contributed by atoms with Crippen LogP contribution in [0.1, 0.15) is 5.56 Å². The number of anilines is 3. The molecule has 0 saturated carbocycles. The summed E-state index contributed by atoms with van der Waals surface area (Å²) in [5.41, 5.74) is 2.65. The van der Waals surface area contributed by atoms with Crippen LogP contribution in [0, 0.1) is 0 Å². The lowest BCUT2D eigenvalue weighted by Crippen LogP contribution is -2.45. The molecule has 1 fully saturated rings. The quantitative estimate of drug-likeness (QED) is 0.343.